The summed E-state index contributed by atoms with van der Waals surface area (Å²) in [5, 5.41) is 8.83. The average Bonchev–Trinajstić information content (AvgIpc) is 2.60. The van der Waals surface area contributed by atoms with Crippen molar-refractivity contribution in [2.24, 2.45) is 5.73 Å². The van der Waals surface area contributed by atoms with Gasteiger partial charge in [-0.1, -0.05) is 24.3 Å². The monoisotopic (exact) mass is 354 g/mol. The highest BCUT2D eigenvalue weighted by Crippen LogP contribution is 2.15. The summed E-state index contributed by atoms with van der Waals surface area (Å²) in [5.41, 5.74) is 8.11. The summed E-state index contributed by atoms with van der Waals surface area (Å²) in [5.74, 6) is -1.13. The van der Waals surface area contributed by atoms with Crippen LogP contribution in [-0.2, 0) is 16.1 Å². The summed E-state index contributed by atoms with van der Waals surface area (Å²) in [7, 11) is 1.75. The van der Waals surface area contributed by atoms with Crippen LogP contribution in [0.15, 0.2) is 48.8 Å². The van der Waals surface area contributed by atoms with Crippen LogP contribution in [0, 0.1) is 0 Å². The van der Waals surface area contributed by atoms with Gasteiger partial charge in [-0.3, -0.25) is 9.59 Å². The molecule has 2 rings (SSSR count). The number of rotatable bonds is 9. The van der Waals surface area contributed by atoms with Gasteiger partial charge in [-0.15, -0.1) is 0 Å². The first-order chi connectivity index (χ1) is 12.4. The Morgan fingerprint density at radius 2 is 1.65 bits per heavy atom. The highest BCUT2D eigenvalue weighted by molar-refractivity contribution is 5.74. The molecule has 0 unspecified atom stereocenters. The Morgan fingerprint density at radius 1 is 1.08 bits per heavy atom. The van der Waals surface area contributed by atoms with E-state index in [-0.39, 0.29) is 12.5 Å². The maximum Gasteiger partial charge on any atom is 0.323 e. The van der Waals surface area contributed by atoms with Gasteiger partial charge in [0, 0.05) is 37.7 Å². The third-order valence-electron chi connectivity index (χ3n) is 3.93. The van der Waals surface area contributed by atoms with Gasteiger partial charge in [0.1, 0.15) is 13.1 Å². The Bertz CT molecular complexity index is 768. The molecule has 0 spiro atoms. The minimum absolute atomic E-state index is 0.0291. The predicted octanol–water partition coefficient (Wildman–Crippen LogP) is 1.93. The highest BCUT2D eigenvalue weighted by atomic mass is 16.4. The van der Waals surface area contributed by atoms with Crippen LogP contribution >= 0.6 is 0 Å². The van der Waals surface area contributed by atoms with E-state index in [2.05, 4.69) is 0 Å². The number of hydrogen-bond donors (Lipinski definition) is 2. The van der Waals surface area contributed by atoms with Crippen molar-refractivity contribution in [2.45, 2.75) is 19.4 Å². The molecule has 1 aromatic heterocycles. The molecule has 0 aliphatic rings. The summed E-state index contributed by atoms with van der Waals surface area (Å²) in [6.07, 6.45) is 9.11. The van der Waals surface area contributed by atoms with Gasteiger partial charge in [0.2, 0.25) is 5.91 Å². The molecule has 0 fully saturated rings. The Labute approximate surface area is 153 Å². The molecule has 0 aliphatic heterocycles. The van der Waals surface area contributed by atoms with Gasteiger partial charge in [-0.05, 0) is 23.3 Å². The number of carbonyl (C=O) groups excluding carboxylic acids is 1. The van der Waals surface area contributed by atoms with Crippen molar-refractivity contribution >= 4 is 29.7 Å². The fraction of sp³-hybridized carbons (Fsp3) is 0.250. The van der Waals surface area contributed by atoms with Gasteiger partial charge in [-0.25, -0.2) is 4.57 Å². The number of primary amides is 1. The molecule has 0 radical (unpaired) electrons. The van der Waals surface area contributed by atoms with Gasteiger partial charge < -0.3 is 15.7 Å². The van der Waals surface area contributed by atoms with Crippen molar-refractivity contribution in [3.8, 4) is 0 Å². The first-order valence-electron chi connectivity index (χ1n) is 8.42. The van der Waals surface area contributed by atoms with Crippen molar-refractivity contribution in [1.29, 1.82) is 0 Å². The predicted molar refractivity (Wildman–Crippen MR) is 101 cm³/mol. The SMILES string of the molecule is CN(CC(=O)O)c1ccc(/C=C/c2cc[n+](CCCC(N)=O)cc2)cc1. The molecule has 0 saturated carbocycles. The second-order valence-corrected chi connectivity index (χ2v) is 6.11. The Balaban J connectivity index is 1.92. The molecule has 0 aliphatic carbocycles. The topological polar surface area (TPSA) is 87.5 Å². The maximum absolute atomic E-state index is 10.7. The molecule has 1 amide bonds. The number of amides is 1. The number of carboxylic acid groups (broad SMARTS) is 1. The first-order valence-corrected chi connectivity index (χ1v) is 8.42. The molecule has 2 aromatic rings. The lowest BCUT2D eigenvalue weighted by atomic mass is 10.1. The van der Waals surface area contributed by atoms with Crippen LogP contribution in [0.25, 0.3) is 12.2 Å². The van der Waals surface area contributed by atoms with Crippen LogP contribution < -0.4 is 15.2 Å². The van der Waals surface area contributed by atoms with E-state index in [0.29, 0.717) is 6.42 Å². The molecule has 3 N–H and O–H groups in total. The van der Waals surface area contributed by atoms with Crippen molar-refractivity contribution in [3.63, 3.8) is 0 Å². The Morgan fingerprint density at radius 3 is 2.19 bits per heavy atom. The lowest BCUT2D eigenvalue weighted by Crippen LogP contribution is -2.33. The number of nitrogens with two attached hydrogens (primary N) is 1. The number of carboxylic acids is 1. The van der Waals surface area contributed by atoms with Gasteiger partial charge in [0.15, 0.2) is 12.4 Å². The lowest BCUT2D eigenvalue weighted by Gasteiger charge is -2.16. The fourth-order valence-electron chi connectivity index (χ4n) is 2.49. The minimum atomic E-state index is -0.854. The number of likely N-dealkylation sites (N-methyl/N-ethyl adjacent to an activating group) is 1. The van der Waals surface area contributed by atoms with Crippen molar-refractivity contribution < 1.29 is 19.3 Å². The van der Waals surface area contributed by atoms with E-state index < -0.39 is 5.97 Å². The Kier molecular flexibility index (Phi) is 6.91. The number of aliphatic carboxylic acids is 1. The molecular formula is C20H24N3O3+. The van der Waals surface area contributed by atoms with Crippen molar-refractivity contribution in [2.75, 3.05) is 18.5 Å². The summed E-state index contributed by atoms with van der Waals surface area (Å²) in [4.78, 5) is 23.2. The second kappa shape index (κ2) is 9.36. The highest BCUT2D eigenvalue weighted by Gasteiger charge is 2.05. The maximum atomic E-state index is 10.7. The van der Waals surface area contributed by atoms with Crippen molar-refractivity contribution in [1.82, 2.24) is 0 Å². The number of benzene rings is 1. The summed E-state index contributed by atoms with van der Waals surface area (Å²) < 4.78 is 2.02. The average molecular weight is 354 g/mol. The van der Waals surface area contributed by atoms with E-state index in [1.165, 1.54) is 0 Å². The van der Waals surface area contributed by atoms with Crippen LogP contribution in [0.5, 0.6) is 0 Å². The number of pyridine rings is 1. The molecular weight excluding hydrogens is 330 g/mol. The van der Waals surface area contributed by atoms with Gasteiger partial charge in [0.05, 0.1) is 0 Å². The van der Waals surface area contributed by atoms with Crippen LogP contribution in [0.2, 0.25) is 0 Å². The molecule has 136 valence electrons. The zero-order valence-corrected chi connectivity index (χ0v) is 14.8. The van der Waals surface area contributed by atoms with Crippen molar-refractivity contribution in [3.05, 3.63) is 59.9 Å². The van der Waals surface area contributed by atoms with Crippen LogP contribution in [-0.4, -0.2) is 30.6 Å². The third kappa shape index (κ3) is 6.39. The van der Waals surface area contributed by atoms with Gasteiger partial charge in [-0.2, -0.15) is 0 Å². The summed E-state index contributed by atoms with van der Waals surface area (Å²) in [6.45, 7) is 0.733. The minimum Gasteiger partial charge on any atom is -0.480 e. The quantitative estimate of drug-likeness (QED) is 0.674. The number of hydrogen-bond acceptors (Lipinski definition) is 3. The summed E-state index contributed by atoms with van der Waals surface area (Å²) >= 11 is 0. The fourth-order valence-corrected chi connectivity index (χ4v) is 2.49. The van der Waals surface area contributed by atoms with E-state index in [4.69, 9.17) is 10.8 Å². The van der Waals surface area contributed by atoms with Crippen LogP contribution in [0.3, 0.4) is 0 Å². The lowest BCUT2D eigenvalue weighted by molar-refractivity contribution is -0.697. The molecule has 0 bridgehead atoms. The van der Waals surface area contributed by atoms with Crippen LogP contribution in [0.4, 0.5) is 5.69 Å². The summed E-state index contributed by atoms with van der Waals surface area (Å²) in [6, 6.07) is 11.7. The molecule has 26 heavy (non-hydrogen) atoms. The first kappa shape index (κ1) is 19.2. The second-order valence-electron chi connectivity index (χ2n) is 6.11. The number of aryl methyl sites for hydroxylation is 1. The van der Waals surface area contributed by atoms with E-state index >= 15 is 0 Å². The number of carbonyl (C=O) groups is 2. The zero-order valence-electron chi connectivity index (χ0n) is 14.8. The van der Waals surface area contributed by atoms with Crippen LogP contribution in [0.1, 0.15) is 24.0 Å². The largest absolute Gasteiger partial charge is 0.480 e. The molecule has 0 saturated heterocycles. The third-order valence-corrected chi connectivity index (χ3v) is 3.93. The van der Waals surface area contributed by atoms with Gasteiger partial charge in [0.25, 0.3) is 0 Å². The van der Waals surface area contributed by atoms with E-state index in [1.807, 2.05) is 65.5 Å². The van der Waals surface area contributed by atoms with E-state index in [1.54, 1.807) is 11.9 Å². The molecule has 6 nitrogen and oxygen atoms in total. The van der Waals surface area contributed by atoms with E-state index in [9.17, 15) is 9.59 Å². The normalized spacial score (nSPS) is 10.8. The number of nitrogens with zero attached hydrogens (tertiary/aromatic N) is 2. The molecule has 0 atom stereocenters. The molecule has 1 heterocycles. The number of aromatic nitrogens is 1. The Hall–Kier alpha value is -3.15. The standard InChI is InChI=1S/C20H23N3O3/c1-22(15-20(25)26)18-8-6-16(7-9-18)4-5-17-10-13-23(14-11-17)12-2-3-19(21)24/h4-11,13-14H,2-3,12,15H2,1H3,(H2-,21,24,25,26)/p+1. The van der Waals surface area contributed by atoms with Gasteiger partial charge >= 0.3 is 5.97 Å². The smallest absolute Gasteiger partial charge is 0.323 e. The molecule has 6 heteroatoms. The van der Waals surface area contributed by atoms with E-state index in [0.717, 1.165) is 29.8 Å². The zero-order chi connectivity index (χ0) is 18.9. The number of anilines is 1. The molecule has 1 aromatic carbocycles.